The van der Waals surface area contributed by atoms with Crippen LogP contribution >= 0.6 is 0 Å². The van der Waals surface area contributed by atoms with Crippen LogP contribution in [0.1, 0.15) is 103 Å². The predicted molar refractivity (Wildman–Crippen MR) is 176 cm³/mol. The van der Waals surface area contributed by atoms with Crippen molar-refractivity contribution in [3.05, 3.63) is 64.9 Å². The number of aromatic amines is 1. The molecule has 4 rings (SSSR count). The number of nitrogens with zero attached hydrogens (tertiary/aromatic N) is 2. The number of hydrogen-bond donors (Lipinski definition) is 1. The van der Waals surface area contributed by atoms with Gasteiger partial charge in [0.25, 0.3) is 0 Å². The normalized spacial score (nSPS) is 18.1. The first kappa shape index (κ1) is 32.9. The van der Waals surface area contributed by atoms with E-state index in [4.69, 9.17) is 4.74 Å². The van der Waals surface area contributed by atoms with Gasteiger partial charge in [0, 0.05) is 42.7 Å². The molecule has 2 aliphatic rings. The van der Waals surface area contributed by atoms with Gasteiger partial charge in [0.2, 0.25) is 5.91 Å². The minimum atomic E-state index is 0. The zero-order valence-electron chi connectivity index (χ0n) is 26.0. The van der Waals surface area contributed by atoms with Crippen molar-refractivity contribution in [2.75, 3.05) is 39.9 Å². The summed E-state index contributed by atoms with van der Waals surface area (Å²) in [6, 6.07) is 7.46. The van der Waals surface area contributed by atoms with Gasteiger partial charge < -0.3 is 14.6 Å². The van der Waals surface area contributed by atoms with Crippen LogP contribution in [0, 0.1) is 5.92 Å². The maximum absolute atomic E-state index is 12.9. The first-order valence-electron chi connectivity index (χ1n) is 15.4. The van der Waals surface area contributed by atoms with E-state index in [2.05, 4.69) is 100 Å². The number of hydrogen-bond acceptors (Lipinski definition) is 3. The van der Waals surface area contributed by atoms with Gasteiger partial charge in [-0.25, -0.2) is 0 Å². The summed E-state index contributed by atoms with van der Waals surface area (Å²) in [7, 11) is 2.10. The highest BCUT2D eigenvalue weighted by atomic mass is 16.5. The molecular weight excluding hydrogens is 506 g/mol. The second-order valence-electron chi connectivity index (χ2n) is 12.6. The third-order valence-corrected chi connectivity index (χ3v) is 9.14. The highest BCUT2D eigenvalue weighted by Gasteiger charge is 2.27. The lowest BCUT2D eigenvalue weighted by Gasteiger charge is -2.36. The van der Waals surface area contributed by atoms with E-state index in [0.29, 0.717) is 30.2 Å². The quantitative estimate of drug-likeness (QED) is 0.281. The van der Waals surface area contributed by atoms with E-state index in [1.165, 1.54) is 38.9 Å². The maximum Gasteiger partial charge on any atom is 0.223 e. The lowest BCUT2D eigenvalue weighted by atomic mass is 9.87. The van der Waals surface area contributed by atoms with Gasteiger partial charge >= 0.3 is 0 Å². The third kappa shape index (κ3) is 7.81. The average molecular weight is 562 g/mol. The number of likely N-dealkylation sites (tertiary alicyclic amines) is 1. The van der Waals surface area contributed by atoms with Gasteiger partial charge in [-0.15, -0.1) is 0 Å². The van der Waals surface area contributed by atoms with Crippen LogP contribution in [-0.4, -0.2) is 66.6 Å². The first-order valence-corrected chi connectivity index (χ1v) is 15.4. The van der Waals surface area contributed by atoms with Crippen LogP contribution in [0.4, 0.5) is 0 Å². The molecule has 5 nitrogen and oxygen atoms in total. The summed E-state index contributed by atoms with van der Waals surface area (Å²) >= 11 is 0. The SMILES string of the molecule is C.C=C(C)/C=C(\C=C(\C)C(C)CC)c1[nH]c2ccc(C3CCN(C(=O)CCN(C)C4COC4)CC3)cc2c1C(C)C. The number of likely N-dealkylation sites (N-methyl/N-ethyl adjacent to an activating group) is 1. The molecule has 1 atom stereocenters. The number of carbonyl (C=O) groups excluding carboxylic acids is 1. The van der Waals surface area contributed by atoms with Crippen molar-refractivity contribution in [3.63, 3.8) is 0 Å². The molecule has 2 aliphatic heterocycles. The lowest BCUT2D eigenvalue weighted by molar-refractivity contribution is -0.133. The van der Waals surface area contributed by atoms with Gasteiger partial charge in [-0.2, -0.15) is 0 Å². The molecule has 0 aliphatic carbocycles. The van der Waals surface area contributed by atoms with Crippen molar-refractivity contribution >= 4 is 22.4 Å². The van der Waals surface area contributed by atoms with Crippen LogP contribution < -0.4 is 0 Å². The third-order valence-electron chi connectivity index (χ3n) is 9.14. The maximum atomic E-state index is 12.9. The molecule has 0 saturated carbocycles. The van der Waals surface area contributed by atoms with Crippen molar-refractivity contribution in [3.8, 4) is 0 Å². The fourth-order valence-corrected chi connectivity index (χ4v) is 6.03. The van der Waals surface area contributed by atoms with E-state index >= 15 is 0 Å². The minimum Gasteiger partial charge on any atom is -0.378 e. The van der Waals surface area contributed by atoms with Crippen LogP contribution in [0.25, 0.3) is 16.5 Å². The average Bonchev–Trinajstić information content (AvgIpc) is 3.28. The zero-order valence-corrected chi connectivity index (χ0v) is 26.0. The summed E-state index contributed by atoms with van der Waals surface area (Å²) in [6.07, 6.45) is 8.34. The molecule has 1 unspecified atom stereocenters. The fourth-order valence-electron chi connectivity index (χ4n) is 6.03. The van der Waals surface area contributed by atoms with E-state index in [-0.39, 0.29) is 13.3 Å². The topological polar surface area (TPSA) is 48.6 Å². The Kier molecular flexibility index (Phi) is 11.6. The highest BCUT2D eigenvalue weighted by Crippen LogP contribution is 2.38. The van der Waals surface area contributed by atoms with E-state index < -0.39 is 0 Å². The van der Waals surface area contributed by atoms with Crippen LogP contribution in [0.5, 0.6) is 0 Å². The van der Waals surface area contributed by atoms with Crippen molar-refractivity contribution in [2.45, 2.75) is 92.5 Å². The number of benzene rings is 1. The van der Waals surface area contributed by atoms with Gasteiger partial charge in [-0.3, -0.25) is 9.69 Å². The van der Waals surface area contributed by atoms with Crippen molar-refractivity contribution in [2.24, 2.45) is 5.92 Å². The molecule has 41 heavy (non-hydrogen) atoms. The molecule has 2 saturated heterocycles. The van der Waals surface area contributed by atoms with Gasteiger partial charge in [-0.05, 0) is 86.7 Å². The Labute approximate surface area is 249 Å². The molecule has 226 valence electrons. The van der Waals surface area contributed by atoms with Crippen molar-refractivity contribution in [1.29, 1.82) is 0 Å². The number of ether oxygens (including phenoxy) is 1. The monoisotopic (exact) mass is 561 g/mol. The minimum absolute atomic E-state index is 0. The second kappa shape index (κ2) is 14.5. The number of H-pyrrole nitrogens is 1. The molecule has 5 heteroatoms. The van der Waals surface area contributed by atoms with E-state index in [1.54, 1.807) is 0 Å². The largest absolute Gasteiger partial charge is 0.378 e. The van der Waals surface area contributed by atoms with Crippen molar-refractivity contribution in [1.82, 2.24) is 14.8 Å². The van der Waals surface area contributed by atoms with E-state index in [1.807, 2.05) is 0 Å². The summed E-state index contributed by atoms with van der Waals surface area (Å²) in [4.78, 5) is 21.0. The Morgan fingerprint density at radius 2 is 1.85 bits per heavy atom. The van der Waals surface area contributed by atoms with Crippen molar-refractivity contribution < 1.29 is 9.53 Å². The molecule has 1 aromatic carbocycles. The predicted octanol–water partition coefficient (Wildman–Crippen LogP) is 8.31. The second-order valence-corrected chi connectivity index (χ2v) is 12.6. The number of nitrogens with one attached hydrogen (secondary N) is 1. The Balaban J connectivity index is 0.00000462. The Hall–Kier alpha value is -2.63. The van der Waals surface area contributed by atoms with Gasteiger partial charge in [0.1, 0.15) is 0 Å². The molecule has 2 aromatic rings. The van der Waals surface area contributed by atoms with E-state index in [0.717, 1.165) is 57.7 Å². The Bertz CT molecular complexity index is 1260. The van der Waals surface area contributed by atoms with Crippen LogP contribution in [0.15, 0.2) is 48.1 Å². The summed E-state index contributed by atoms with van der Waals surface area (Å²) < 4.78 is 5.29. The van der Waals surface area contributed by atoms with E-state index in [9.17, 15) is 4.79 Å². The molecule has 1 aromatic heterocycles. The van der Waals surface area contributed by atoms with Gasteiger partial charge in [-0.1, -0.05) is 71.1 Å². The molecule has 1 N–H and O–H groups in total. The van der Waals surface area contributed by atoms with Gasteiger partial charge in [0.05, 0.1) is 19.3 Å². The number of allylic oxidation sites excluding steroid dienone is 5. The number of piperidine rings is 1. The summed E-state index contributed by atoms with van der Waals surface area (Å²) in [5, 5.41) is 1.33. The molecular formula is C36H55N3O2. The molecule has 2 fully saturated rings. The number of carbonyl (C=O) groups is 1. The van der Waals surface area contributed by atoms with Crippen LogP contribution in [0.3, 0.4) is 0 Å². The zero-order chi connectivity index (χ0) is 29.0. The summed E-state index contributed by atoms with van der Waals surface area (Å²) in [5.74, 6) is 1.70. The van der Waals surface area contributed by atoms with Gasteiger partial charge in [0.15, 0.2) is 0 Å². The molecule has 3 heterocycles. The molecule has 0 radical (unpaired) electrons. The molecule has 1 amide bonds. The number of rotatable bonds is 11. The Morgan fingerprint density at radius 3 is 2.41 bits per heavy atom. The summed E-state index contributed by atoms with van der Waals surface area (Å²) in [5.41, 5.74) is 8.86. The lowest BCUT2D eigenvalue weighted by Crippen LogP contribution is -2.48. The molecule has 0 bridgehead atoms. The number of fused-ring (bicyclic) bond motifs is 1. The smallest absolute Gasteiger partial charge is 0.223 e. The number of amides is 1. The fraction of sp³-hybridized carbons (Fsp3) is 0.583. The number of aromatic nitrogens is 1. The molecule has 0 spiro atoms. The van der Waals surface area contributed by atoms with Crippen LogP contribution in [0.2, 0.25) is 0 Å². The highest BCUT2D eigenvalue weighted by molar-refractivity contribution is 5.92. The standard InChI is InChI=1S/C35H51N3O2.CH4/c1-9-25(6)26(7)19-29(18-23(2)3)35-34(24(4)5)31-20-28(10-11-32(31)36-35)27-12-16-38(17-13-27)33(39)14-15-37(8)30-21-40-22-30;/h10-11,18-20,24-25,27,30,36H,2,9,12-17,21-22H2,1,3-8H3;1H4/b26-19-,29-18+;. The Morgan fingerprint density at radius 1 is 1.17 bits per heavy atom. The summed E-state index contributed by atoms with van der Waals surface area (Å²) in [6.45, 7) is 21.7. The first-order chi connectivity index (χ1) is 19.1. The van der Waals surface area contributed by atoms with Crippen LogP contribution in [-0.2, 0) is 9.53 Å².